The number of hydrogen-bond donors (Lipinski definition) is 1. The Morgan fingerprint density at radius 1 is 1.53 bits per heavy atom. The maximum Gasteiger partial charge on any atom is 0.148 e. The summed E-state index contributed by atoms with van der Waals surface area (Å²) < 4.78 is 22.6. The molecule has 1 heterocycles. The lowest BCUT2D eigenvalue weighted by Gasteiger charge is -2.15. The van der Waals surface area contributed by atoms with Crippen LogP contribution in [0.4, 0.5) is 5.82 Å². The van der Waals surface area contributed by atoms with Crippen molar-refractivity contribution in [2.24, 2.45) is 5.41 Å². The summed E-state index contributed by atoms with van der Waals surface area (Å²) in [5, 5.41) is 3.69. The van der Waals surface area contributed by atoms with Crippen molar-refractivity contribution in [2.45, 2.75) is 12.8 Å². The summed E-state index contributed by atoms with van der Waals surface area (Å²) in [7, 11) is -2.93. The monoisotopic (exact) mass is 274 g/mol. The van der Waals surface area contributed by atoms with E-state index in [0.717, 1.165) is 12.8 Å². The molecule has 0 atom stereocenters. The molecule has 2 rings (SSSR count). The molecule has 1 aliphatic carbocycles. The zero-order valence-corrected chi connectivity index (χ0v) is 11.2. The molecule has 0 aliphatic heterocycles. The van der Waals surface area contributed by atoms with Gasteiger partial charge in [0.25, 0.3) is 0 Å². The summed E-state index contributed by atoms with van der Waals surface area (Å²) in [5.74, 6) is 0.853. The lowest BCUT2D eigenvalue weighted by Crippen LogP contribution is -2.24. The van der Waals surface area contributed by atoms with Gasteiger partial charge >= 0.3 is 0 Å². The van der Waals surface area contributed by atoms with Crippen molar-refractivity contribution in [1.29, 1.82) is 0 Å². The number of pyridine rings is 1. The lowest BCUT2D eigenvalue weighted by atomic mass is 10.1. The highest BCUT2D eigenvalue weighted by atomic mass is 35.5. The molecule has 17 heavy (non-hydrogen) atoms. The van der Waals surface area contributed by atoms with E-state index in [0.29, 0.717) is 17.4 Å². The van der Waals surface area contributed by atoms with Crippen LogP contribution in [-0.4, -0.2) is 32.0 Å². The third-order valence-corrected chi connectivity index (χ3v) is 4.36. The van der Waals surface area contributed by atoms with Crippen molar-refractivity contribution in [3.63, 3.8) is 0 Å². The van der Waals surface area contributed by atoms with Gasteiger partial charge in [-0.15, -0.1) is 0 Å². The van der Waals surface area contributed by atoms with E-state index in [1.54, 1.807) is 18.3 Å². The van der Waals surface area contributed by atoms with Gasteiger partial charge in [0.1, 0.15) is 15.7 Å². The number of rotatable bonds is 5. The van der Waals surface area contributed by atoms with Gasteiger partial charge in [0.05, 0.1) is 10.8 Å². The SMILES string of the molecule is CS(=O)(=O)CC1(CNc2ncccc2Cl)CC1. The second kappa shape index (κ2) is 4.46. The largest absolute Gasteiger partial charge is 0.368 e. The standard InChI is InChI=1S/C11H15ClN2O2S/c1-17(15,16)8-11(4-5-11)7-14-10-9(12)3-2-6-13-10/h2-3,6H,4-5,7-8H2,1H3,(H,13,14). The van der Waals surface area contributed by atoms with Gasteiger partial charge in [0, 0.05) is 24.4 Å². The predicted octanol–water partition coefficient (Wildman–Crippen LogP) is 1.97. The number of nitrogens with zero attached hydrogens (tertiary/aromatic N) is 1. The third kappa shape index (κ3) is 3.57. The molecule has 0 unspecified atom stereocenters. The van der Waals surface area contributed by atoms with Crippen LogP contribution in [0, 0.1) is 5.41 Å². The van der Waals surface area contributed by atoms with E-state index in [9.17, 15) is 8.42 Å². The smallest absolute Gasteiger partial charge is 0.148 e. The van der Waals surface area contributed by atoms with E-state index < -0.39 is 9.84 Å². The Balaban J connectivity index is 1.97. The van der Waals surface area contributed by atoms with Crippen molar-refractivity contribution in [3.05, 3.63) is 23.4 Å². The minimum absolute atomic E-state index is 0.117. The Hall–Kier alpha value is -0.810. The summed E-state index contributed by atoms with van der Waals surface area (Å²) in [6, 6.07) is 3.52. The van der Waals surface area contributed by atoms with E-state index in [2.05, 4.69) is 10.3 Å². The van der Waals surface area contributed by atoms with Crippen molar-refractivity contribution < 1.29 is 8.42 Å². The molecule has 1 aliphatic rings. The zero-order valence-electron chi connectivity index (χ0n) is 9.61. The van der Waals surface area contributed by atoms with E-state index in [4.69, 9.17) is 11.6 Å². The number of anilines is 1. The molecule has 0 aromatic carbocycles. The first-order valence-corrected chi connectivity index (χ1v) is 7.86. The number of hydrogen-bond acceptors (Lipinski definition) is 4. The highest BCUT2D eigenvalue weighted by molar-refractivity contribution is 7.90. The minimum atomic E-state index is -2.93. The van der Waals surface area contributed by atoms with Crippen LogP contribution in [0.5, 0.6) is 0 Å². The van der Waals surface area contributed by atoms with Crippen LogP contribution in [0.3, 0.4) is 0 Å². The molecule has 1 N–H and O–H groups in total. The van der Waals surface area contributed by atoms with Gasteiger partial charge in [0.2, 0.25) is 0 Å². The van der Waals surface area contributed by atoms with Crippen LogP contribution in [0.15, 0.2) is 18.3 Å². The molecule has 0 amide bonds. The highest BCUT2D eigenvalue weighted by Crippen LogP contribution is 2.46. The fourth-order valence-electron chi connectivity index (χ4n) is 1.89. The number of halogens is 1. The fourth-order valence-corrected chi connectivity index (χ4v) is 3.58. The molecule has 4 nitrogen and oxygen atoms in total. The maximum absolute atomic E-state index is 11.3. The summed E-state index contributed by atoms with van der Waals surface area (Å²) in [6.45, 7) is 0.608. The number of aromatic nitrogens is 1. The average Bonchev–Trinajstić information content (AvgIpc) is 2.94. The van der Waals surface area contributed by atoms with Crippen molar-refractivity contribution >= 4 is 27.3 Å². The molecular formula is C11H15ClN2O2S. The zero-order chi connectivity index (χ0) is 12.5. The molecule has 1 aromatic rings. The van der Waals surface area contributed by atoms with Gasteiger partial charge in [-0.1, -0.05) is 11.6 Å². The number of nitrogens with one attached hydrogen (secondary N) is 1. The van der Waals surface area contributed by atoms with Gasteiger partial charge in [-0.05, 0) is 25.0 Å². The quantitative estimate of drug-likeness (QED) is 0.892. The van der Waals surface area contributed by atoms with E-state index >= 15 is 0 Å². The van der Waals surface area contributed by atoms with E-state index in [-0.39, 0.29) is 11.2 Å². The Morgan fingerprint density at radius 2 is 2.24 bits per heavy atom. The molecule has 0 spiro atoms. The molecule has 1 aromatic heterocycles. The van der Waals surface area contributed by atoms with Gasteiger partial charge in [-0.2, -0.15) is 0 Å². The summed E-state index contributed by atoms with van der Waals surface area (Å²) in [4.78, 5) is 4.11. The molecule has 6 heteroatoms. The van der Waals surface area contributed by atoms with Crippen LogP contribution in [0.1, 0.15) is 12.8 Å². The first kappa shape index (κ1) is 12.6. The topological polar surface area (TPSA) is 59.1 Å². The van der Waals surface area contributed by atoms with Crippen molar-refractivity contribution in [1.82, 2.24) is 4.98 Å². The first-order valence-electron chi connectivity index (χ1n) is 5.42. The second-order valence-corrected chi connectivity index (χ2v) is 7.30. The normalized spacial score (nSPS) is 17.8. The molecular weight excluding hydrogens is 260 g/mol. The van der Waals surface area contributed by atoms with E-state index in [1.165, 1.54) is 6.26 Å². The van der Waals surface area contributed by atoms with Crippen LogP contribution >= 0.6 is 11.6 Å². The van der Waals surface area contributed by atoms with Crippen LogP contribution in [-0.2, 0) is 9.84 Å². The summed E-state index contributed by atoms with van der Waals surface area (Å²) in [5.41, 5.74) is -0.117. The van der Waals surface area contributed by atoms with Crippen LogP contribution < -0.4 is 5.32 Å². The van der Waals surface area contributed by atoms with Crippen LogP contribution in [0.2, 0.25) is 5.02 Å². The average molecular weight is 275 g/mol. The minimum Gasteiger partial charge on any atom is -0.368 e. The van der Waals surface area contributed by atoms with Crippen molar-refractivity contribution in [2.75, 3.05) is 23.9 Å². The number of sulfone groups is 1. The molecule has 1 saturated carbocycles. The van der Waals surface area contributed by atoms with Gasteiger partial charge < -0.3 is 5.32 Å². The van der Waals surface area contributed by atoms with E-state index in [1.807, 2.05) is 0 Å². The molecule has 0 saturated heterocycles. The summed E-state index contributed by atoms with van der Waals surface area (Å²) in [6.07, 6.45) is 4.82. The molecule has 1 fully saturated rings. The predicted molar refractivity (Wildman–Crippen MR) is 69.1 cm³/mol. The second-order valence-electron chi connectivity index (χ2n) is 4.76. The van der Waals surface area contributed by atoms with Crippen LogP contribution in [0.25, 0.3) is 0 Å². The maximum atomic E-state index is 11.3. The Labute approximate surface area is 106 Å². The molecule has 0 bridgehead atoms. The fraction of sp³-hybridized carbons (Fsp3) is 0.545. The molecule has 0 radical (unpaired) electrons. The van der Waals surface area contributed by atoms with Gasteiger partial charge in [0.15, 0.2) is 0 Å². The van der Waals surface area contributed by atoms with Gasteiger partial charge in [-0.3, -0.25) is 0 Å². The lowest BCUT2D eigenvalue weighted by molar-refractivity contribution is 0.560. The third-order valence-electron chi connectivity index (χ3n) is 2.91. The Kier molecular flexibility index (Phi) is 3.32. The Morgan fingerprint density at radius 3 is 2.76 bits per heavy atom. The summed E-state index contributed by atoms with van der Waals surface area (Å²) >= 11 is 5.96. The molecule has 94 valence electrons. The van der Waals surface area contributed by atoms with Gasteiger partial charge in [-0.25, -0.2) is 13.4 Å². The highest BCUT2D eigenvalue weighted by Gasteiger charge is 2.45. The first-order chi connectivity index (χ1) is 7.90. The Bertz CT molecular complexity index is 512. The van der Waals surface area contributed by atoms with Crippen molar-refractivity contribution in [3.8, 4) is 0 Å².